The van der Waals surface area contributed by atoms with E-state index in [0.717, 1.165) is 6.07 Å². The molecule has 1 fully saturated rings. The zero-order valence-corrected chi connectivity index (χ0v) is 11.0. The van der Waals surface area contributed by atoms with E-state index in [0.29, 0.717) is 13.1 Å². The summed E-state index contributed by atoms with van der Waals surface area (Å²) in [5, 5.41) is 2.58. The summed E-state index contributed by atoms with van der Waals surface area (Å²) in [6, 6.07) is 2.00. The Hall–Kier alpha value is -1.90. The fourth-order valence-corrected chi connectivity index (χ4v) is 2.02. The van der Waals surface area contributed by atoms with Gasteiger partial charge in [0.15, 0.2) is 0 Å². The van der Waals surface area contributed by atoms with Crippen LogP contribution < -0.4 is 16.0 Å². The van der Waals surface area contributed by atoms with Crippen LogP contribution in [0.15, 0.2) is 12.1 Å². The molecule has 20 heavy (non-hydrogen) atoms. The van der Waals surface area contributed by atoms with Crippen LogP contribution in [-0.2, 0) is 11.0 Å². The van der Waals surface area contributed by atoms with Gasteiger partial charge < -0.3 is 16.0 Å². The molecule has 108 valence electrons. The molecule has 3 N–H and O–H groups in total. The van der Waals surface area contributed by atoms with Crippen LogP contribution in [0, 0.1) is 0 Å². The largest absolute Gasteiger partial charge is 0.433 e. The van der Waals surface area contributed by atoms with E-state index in [4.69, 9.17) is 18.0 Å². The monoisotopic (exact) mass is 304 g/mol. The summed E-state index contributed by atoms with van der Waals surface area (Å²) in [5.41, 5.74) is 4.68. The number of thiocarbonyl (C=S) groups is 1. The highest BCUT2D eigenvalue weighted by atomic mass is 32.1. The maximum absolute atomic E-state index is 12.7. The first-order valence-electron chi connectivity index (χ1n) is 5.68. The number of aromatic nitrogens is 1. The zero-order valence-electron chi connectivity index (χ0n) is 10.2. The van der Waals surface area contributed by atoms with Crippen LogP contribution >= 0.6 is 12.2 Å². The molecule has 0 aliphatic carbocycles. The summed E-state index contributed by atoms with van der Waals surface area (Å²) in [5.74, 6) is -0.300. The molecular formula is C11H11F3N4OS. The molecule has 0 radical (unpaired) electrons. The van der Waals surface area contributed by atoms with Gasteiger partial charge >= 0.3 is 6.18 Å². The van der Waals surface area contributed by atoms with E-state index in [1.54, 1.807) is 0 Å². The van der Waals surface area contributed by atoms with Crippen LogP contribution in [0.1, 0.15) is 11.3 Å². The predicted molar refractivity (Wildman–Crippen MR) is 70.3 cm³/mol. The summed E-state index contributed by atoms with van der Waals surface area (Å²) in [7, 11) is 0. The average molecular weight is 304 g/mol. The number of hydrogen-bond donors (Lipinski definition) is 2. The van der Waals surface area contributed by atoms with Gasteiger partial charge in [0.25, 0.3) is 0 Å². The number of carbonyl (C=O) groups is 1. The molecule has 0 unspecified atom stereocenters. The molecule has 0 aromatic carbocycles. The van der Waals surface area contributed by atoms with E-state index < -0.39 is 11.9 Å². The third kappa shape index (κ3) is 2.98. The van der Waals surface area contributed by atoms with Crippen molar-refractivity contribution >= 4 is 28.9 Å². The quantitative estimate of drug-likeness (QED) is 0.786. The molecule has 1 aliphatic rings. The second-order valence-electron chi connectivity index (χ2n) is 4.20. The van der Waals surface area contributed by atoms with Crippen LogP contribution in [0.25, 0.3) is 0 Å². The van der Waals surface area contributed by atoms with E-state index in [9.17, 15) is 18.0 Å². The number of pyridine rings is 1. The molecule has 0 bridgehead atoms. The van der Waals surface area contributed by atoms with E-state index in [2.05, 4.69) is 10.3 Å². The molecule has 1 aromatic rings. The van der Waals surface area contributed by atoms with E-state index in [1.165, 1.54) is 11.0 Å². The summed E-state index contributed by atoms with van der Waals surface area (Å²) >= 11 is 4.81. The highest BCUT2D eigenvalue weighted by molar-refractivity contribution is 7.80. The third-order valence-electron chi connectivity index (χ3n) is 2.77. The van der Waals surface area contributed by atoms with Gasteiger partial charge in [-0.15, -0.1) is 0 Å². The number of halogens is 3. The second-order valence-corrected chi connectivity index (χ2v) is 4.64. The Morgan fingerprint density at radius 1 is 1.45 bits per heavy atom. The summed E-state index contributed by atoms with van der Waals surface area (Å²) < 4.78 is 38.2. The van der Waals surface area contributed by atoms with E-state index >= 15 is 0 Å². The maximum Gasteiger partial charge on any atom is 0.433 e. The van der Waals surface area contributed by atoms with Crippen LogP contribution in [-0.4, -0.2) is 35.5 Å². The van der Waals surface area contributed by atoms with Crippen LogP contribution in [0.3, 0.4) is 0 Å². The SMILES string of the molecule is NC(=S)c1ccc(C(F)(F)F)nc1N1CCNC(=O)C1. The maximum atomic E-state index is 12.7. The number of carbonyl (C=O) groups excluding carboxylic acids is 1. The molecule has 2 rings (SSSR count). The standard InChI is InChI=1S/C11H11F3N4OS/c12-11(13,14)7-2-1-6(9(15)20)10(17-7)18-4-3-16-8(19)5-18/h1-2H,3-5H2,(H2,15,20)(H,16,19). The van der Waals surface area contributed by atoms with Crippen molar-refractivity contribution in [2.75, 3.05) is 24.5 Å². The first-order valence-corrected chi connectivity index (χ1v) is 6.09. The van der Waals surface area contributed by atoms with E-state index in [-0.39, 0.29) is 28.8 Å². The van der Waals surface area contributed by atoms with Gasteiger partial charge in [0.1, 0.15) is 16.5 Å². The molecule has 9 heteroatoms. The van der Waals surface area contributed by atoms with Crippen molar-refractivity contribution < 1.29 is 18.0 Å². The highest BCUT2D eigenvalue weighted by Gasteiger charge is 2.34. The molecule has 2 heterocycles. The van der Waals surface area contributed by atoms with Gasteiger partial charge in [0.05, 0.1) is 12.1 Å². The Morgan fingerprint density at radius 2 is 2.15 bits per heavy atom. The lowest BCUT2D eigenvalue weighted by Gasteiger charge is -2.29. The zero-order chi connectivity index (χ0) is 14.9. The van der Waals surface area contributed by atoms with Gasteiger partial charge in [0.2, 0.25) is 5.91 Å². The lowest BCUT2D eigenvalue weighted by atomic mass is 10.2. The molecule has 1 aromatic heterocycles. The van der Waals surface area contributed by atoms with Gasteiger partial charge in [-0.05, 0) is 12.1 Å². The normalized spacial score (nSPS) is 15.9. The second kappa shape index (κ2) is 5.23. The van der Waals surface area contributed by atoms with Gasteiger partial charge in [0, 0.05) is 13.1 Å². The minimum Gasteiger partial charge on any atom is -0.389 e. The molecule has 1 aliphatic heterocycles. The van der Waals surface area contributed by atoms with Gasteiger partial charge in [-0.25, -0.2) is 4.98 Å². The van der Waals surface area contributed by atoms with Crippen molar-refractivity contribution in [2.24, 2.45) is 5.73 Å². The Bertz CT molecular complexity index is 561. The Labute approximate surface area is 118 Å². The Balaban J connectivity index is 2.46. The number of hydrogen-bond acceptors (Lipinski definition) is 4. The number of amides is 1. The molecule has 0 atom stereocenters. The molecule has 1 saturated heterocycles. The summed E-state index contributed by atoms with van der Waals surface area (Å²) in [4.78, 5) is 16.3. The molecule has 0 spiro atoms. The summed E-state index contributed by atoms with van der Waals surface area (Å²) in [6.07, 6.45) is -4.57. The van der Waals surface area contributed by atoms with Crippen molar-refractivity contribution in [2.45, 2.75) is 6.18 Å². The lowest BCUT2D eigenvalue weighted by Crippen LogP contribution is -2.48. The molecular weight excluding hydrogens is 293 g/mol. The van der Waals surface area contributed by atoms with Crippen LogP contribution in [0.2, 0.25) is 0 Å². The first kappa shape index (κ1) is 14.5. The van der Waals surface area contributed by atoms with Crippen molar-refractivity contribution in [3.05, 3.63) is 23.4 Å². The van der Waals surface area contributed by atoms with Crippen LogP contribution in [0.4, 0.5) is 19.0 Å². The minimum absolute atomic E-state index is 0.0119. The highest BCUT2D eigenvalue weighted by Crippen LogP contribution is 2.30. The average Bonchev–Trinajstić information content (AvgIpc) is 2.37. The van der Waals surface area contributed by atoms with Crippen LogP contribution in [0.5, 0.6) is 0 Å². The summed E-state index contributed by atoms with van der Waals surface area (Å²) in [6.45, 7) is 0.590. The Morgan fingerprint density at radius 3 is 2.70 bits per heavy atom. The molecule has 0 saturated carbocycles. The van der Waals surface area contributed by atoms with Gasteiger partial charge in [-0.2, -0.15) is 13.2 Å². The number of anilines is 1. The fourth-order valence-electron chi connectivity index (χ4n) is 1.86. The number of rotatable bonds is 2. The fraction of sp³-hybridized carbons (Fsp3) is 0.364. The molecule has 5 nitrogen and oxygen atoms in total. The topological polar surface area (TPSA) is 71.2 Å². The van der Waals surface area contributed by atoms with Gasteiger partial charge in [-0.3, -0.25) is 4.79 Å². The minimum atomic E-state index is -4.57. The predicted octanol–water partition coefficient (Wildman–Crippen LogP) is 0.671. The van der Waals surface area contributed by atoms with Crippen molar-refractivity contribution in [1.29, 1.82) is 0 Å². The van der Waals surface area contributed by atoms with Crippen molar-refractivity contribution in [1.82, 2.24) is 10.3 Å². The number of nitrogens with one attached hydrogen (secondary N) is 1. The first-order chi connectivity index (χ1) is 9.29. The van der Waals surface area contributed by atoms with Crippen molar-refractivity contribution in [3.8, 4) is 0 Å². The van der Waals surface area contributed by atoms with Crippen molar-refractivity contribution in [3.63, 3.8) is 0 Å². The Kier molecular flexibility index (Phi) is 3.80. The number of alkyl halides is 3. The number of nitrogens with two attached hydrogens (primary N) is 1. The number of piperazine rings is 1. The molecule has 1 amide bonds. The third-order valence-corrected chi connectivity index (χ3v) is 2.99. The number of nitrogens with zero attached hydrogens (tertiary/aromatic N) is 2. The lowest BCUT2D eigenvalue weighted by molar-refractivity contribution is -0.141. The smallest absolute Gasteiger partial charge is 0.389 e. The van der Waals surface area contributed by atoms with Gasteiger partial charge in [-0.1, -0.05) is 12.2 Å². The van der Waals surface area contributed by atoms with E-state index in [1.807, 2.05) is 0 Å².